The second kappa shape index (κ2) is 5.27. The Morgan fingerprint density at radius 3 is 2.86 bits per heavy atom. The number of hydrogen-bond donors (Lipinski definition) is 2. The van der Waals surface area contributed by atoms with Crippen LogP contribution in [0.2, 0.25) is 0 Å². The Balaban J connectivity index is 1.71. The van der Waals surface area contributed by atoms with Crippen molar-refractivity contribution in [1.29, 1.82) is 0 Å². The van der Waals surface area contributed by atoms with E-state index in [1.54, 1.807) is 6.07 Å². The number of anilines is 1. The number of carbonyl (C=O) groups is 1. The first-order valence-electron chi connectivity index (χ1n) is 7.12. The molecule has 1 saturated carbocycles. The topological polar surface area (TPSA) is 71.2 Å². The lowest BCUT2D eigenvalue weighted by atomic mass is 9.75. The quantitative estimate of drug-likeness (QED) is 0.907. The summed E-state index contributed by atoms with van der Waals surface area (Å²) in [7, 11) is 4.16. The summed E-state index contributed by atoms with van der Waals surface area (Å²) in [5, 5.41) is 3.60. The molecule has 0 saturated heterocycles. The van der Waals surface area contributed by atoms with Gasteiger partial charge in [0.1, 0.15) is 0 Å². The number of rotatable bonds is 4. The number of thiazole rings is 1. The fourth-order valence-corrected chi connectivity index (χ4v) is 3.57. The average Bonchev–Trinajstić information content (AvgIpc) is 2.75. The van der Waals surface area contributed by atoms with E-state index in [4.69, 9.17) is 5.73 Å². The second-order valence-corrected chi connectivity index (χ2v) is 6.95. The third-order valence-electron chi connectivity index (χ3n) is 4.48. The minimum atomic E-state index is -0.0306. The van der Waals surface area contributed by atoms with Crippen molar-refractivity contribution in [1.82, 2.24) is 15.2 Å². The molecular weight excluding hydrogens is 284 g/mol. The van der Waals surface area contributed by atoms with Crippen molar-refractivity contribution >= 4 is 32.6 Å². The van der Waals surface area contributed by atoms with E-state index in [0.717, 1.165) is 23.1 Å². The van der Waals surface area contributed by atoms with Gasteiger partial charge in [-0.3, -0.25) is 4.79 Å². The van der Waals surface area contributed by atoms with Crippen LogP contribution in [0.3, 0.4) is 0 Å². The fraction of sp³-hybridized carbons (Fsp3) is 0.467. The molecule has 1 aromatic heterocycles. The minimum absolute atomic E-state index is 0.0306. The van der Waals surface area contributed by atoms with E-state index in [9.17, 15) is 4.79 Å². The van der Waals surface area contributed by atoms with Gasteiger partial charge >= 0.3 is 0 Å². The van der Waals surface area contributed by atoms with E-state index in [1.807, 2.05) is 12.1 Å². The lowest BCUT2D eigenvalue weighted by Crippen LogP contribution is -2.57. The van der Waals surface area contributed by atoms with Gasteiger partial charge in [-0.1, -0.05) is 11.3 Å². The van der Waals surface area contributed by atoms with Gasteiger partial charge in [-0.2, -0.15) is 0 Å². The van der Waals surface area contributed by atoms with Crippen molar-refractivity contribution in [2.75, 3.05) is 26.4 Å². The first kappa shape index (κ1) is 14.3. The number of nitrogens with zero attached hydrogens (tertiary/aromatic N) is 2. The Labute approximate surface area is 128 Å². The zero-order valence-electron chi connectivity index (χ0n) is 12.3. The highest BCUT2D eigenvalue weighted by Gasteiger charge is 2.39. The van der Waals surface area contributed by atoms with Crippen LogP contribution in [-0.2, 0) is 0 Å². The molecule has 1 fully saturated rings. The summed E-state index contributed by atoms with van der Waals surface area (Å²) in [5.41, 5.74) is 7.34. The molecule has 5 nitrogen and oxygen atoms in total. The first-order valence-corrected chi connectivity index (χ1v) is 7.94. The Hall–Kier alpha value is -1.66. The molecule has 0 spiro atoms. The third kappa shape index (κ3) is 2.61. The summed E-state index contributed by atoms with van der Waals surface area (Å²) in [6.45, 7) is 0.696. The minimum Gasteiger partial charge on any atom is -0.375 e. The van der Waals surface area contributed by atoms with Gasteiger partial charge in [-0.05, 0) is 51.6 Å². The number of hydrogen-bond acceptors (Lipinski definition) is 5. The van der Waals surface area contributed by atoms with Gasteiger partial charge in [0.05, 0.1) is 10.2 Å². The van der Waals surface area contributed by atoms with E-state index in [-0.39, 0.29) is 11.4 Å². The molecule has 1 heterocycles. The maximum atomic E-state index is 12.3. The number of nitrogen functional groups attached to an aromatic ring is 1. The summed E-state index contributed by atoms with van der Waals surface area (Å²) in [4.78, 5) is 18.8. The number of nitrogens with one attached hydrogen (secondary N) is 1. The second-order valence-electron chi connectivity index (χ2n) is 5.89. The molecule has 1 amide bonds. The highest BCUT2D eigenvalue weighted by atomic mass is 32.1. The van der Waals surface area contributed by atoms with Crippen LogP contribution in [0.5, 0.6) is 0 Å². The predicted octanol–water partition coefficient (Wildman–Crippen LogP) is 2.09. The normalized spacial score (nSPS) is 16.9. The lowest BCUT2D eigenvalue weighted by Gasteiger charge is -2.47. The van der Waals surface area contributed by atoms with Crippen LogP contribution in [-0.4, -0.2) is 42.0 Å². The molecule has 6 heteroatoms. The third-order valence-corrected chi connectivity index (χ3v) is 5.33. The standard InChI is InChI=1S/C15H20N4OS/c1-19(2)15(6-3-7-15)9-17-13(20)10-4-5-11-12(8-10)21-14(16)18-11/h4-5,8H,3,6-7,9H2,1-2H3,(H2,16,18)(H,17,20). The molecule has 0 radical (unpaired) electrons. The number of likely N-dealkylation sites (N-methyl/N-ethyl adjacent to an activating group) is 1. The number of carbonyl (C=O) groups excluding carboxylic acids is 1. The number of benzene rings is 1. The number of nitrogens with two attached hydrogens (primary N) is 1. The Kier molecular flexibility index (Phi) is 3.59. The van der Waals surface area contributed by atoms with Gasteiger partial charge in [0.25, 0.3) is 5.91 Å². The summed E-state index contributed by atoms with van der Waals surface area (Å²) >= 11 is 1.41. The molecule has 21 heavy (non-hydrogen) atoms. The van der Waals surface area contributed by atoms with E-state index in [2.05, 4.69) is 29.3 Å². The van der Waals surface area contributed by atoms with Crippen molar-refractivity contribution in [3.63, 3.8) is 0 Å². The molecule has 0 bridgehead atoms. The number of fused-ring (bicyclic) bond motifs is 1. The van der Waals surface area contributed by atoms with Crippen LogP contribution >= 0.6 is 11.3 Å². The van der Waals surface area contributed by atoms with E-state index in [0.29, 0.717) is 17.2 Å². The zero-order chi connectivity index (χ0) is 15.0. The van der Waals surface area contributed by atoms with E-state index >= 15 is 0 Å². The van der Waals surface area contributed by atoms with Gasteiger partial charge in [0, 0.05) is 17.6 Å². The Morgan fingerprint density at radius 2 is 2.24 bits per heavy atom. The molecule has 3 rings (SSSR count). The lowest BCUT2D eigenvalue weighted by molar-refractivity contribution is 0.0557. The molecule has 0 unspecified atom stereocenters. The maximum Gasteiger partial charge on any atom is 0.251 e. The first-order chi connectivity index (χ1) is 10.00. The van der Waals surface area contributed by atoms with Crippen LogP contribution in [0.15, 0.2) is 18.2 Å². The summed E-state index contributed by atoms with van der Waals surface area (Å²) < 4.78 is 0.950. The molecule has 1 aromatic carbocycles. The summed E-state index contributed by atoms with van der Waals surface area (Å²) in [6, 6.07) is 5.52. The van der Waals surface area contributed by atoms with Crippen molar-refractivity contribution in [3.05, 3.63) is 23.8 Å². The van der Waals surface area contributed by atoms with Gasteiger partial charge in [-0.25, -0.2) is 4.98 Å². The molecule has 0 aliphatic heterocycles. The smallest absolute Gasteiger partial charge is 0.251 e. The highest BCUT2D eigenvalue weighted by Crippen LogP contribution is 2.35. The van der Waals surface area contributed by atoms with Crippen LogP contribution in [0.4, 0.5) is 5.13 Å². The molecular formula is C15H20N4OS. The Morgan fingerprint density at radius 1 is 1.48 bits per heavy atom. The van der Waals surface area contributed by atoms with Crippen LogP contribution in [0.25, 0.3) is 10.2 Å². The van der Waals surface area contributed by atoms with Gasteiger partial charge in [0.15, 0.2) is 5.13 Å². The van der Waals surface area contributed by atoms with Gasteiger partial charge in [-0.15, -0.1) is 0 Å². The zero-order valence-corrected chi connectivity index (χ0v) is 13.2. The largest absolute Gasteiger partial charge is 0.375 e. The molecule has 112 valence electrons. The summed E-state index contributed by atoms with van der Waals surface area (Å²) in [5.74, 6) is -0.0306. The van der Waals surface area contributed by atoms with Crippen molar-refractivity contribution < 1.29 is 4.79 Å². The highest BCUT2D eigenvalue weighted by molar-refractivity contribution is 7.22. The number of aromatic nitrogens is 1. The SMILES string of the molecule is CN(C)C1(CNC(=O)c2ccc3nc(N)sc3c2)CCC1. The monoisotopic (exact) mass is 304 g/mol. The van der Waals surface area contributed by atoms with Gasteiger partial charge in [0.2, 0.25) is 0 Å². The fourth-order valence-electron chi connectivity index (χ4n) is 2.80. The molecule has 0 atom stereocenters. The molecule has 1 aliphatic rings. The van der Waals surface area contributed by atoms with Crippen LogP contribution in [0, 0.1) is 0 Å². The van der Waals surface area contributed by atoms with Crippen molar-refractivity contribution in [2.45, 2.75) is 24.8 Å². The van der Waals surface area contributed by atoms with Crippen LogP contribution < -0.4 is 11.1 Å². The molecule has 2 aromatic rings. The van der Waals surface area contributed by atoms with E-state index < -0.39 is 0 Å². The molecule has 1 aliphatic carbocycles. The van der Waals surface area contributed by atoms with Crippen LogP contribution in [0.1, 0.15) is 29.6 Å². The van der Waals surface area contributed by atoms with Crippen molar-refractivity contribution in [2.24, 2.45) is 0 Å². The molecule has 3 N–H and O–H groups in total. The maximum absolute atomic E-state index is 12.3. The van der Waals surface area contributed by atoms with Crippen molar-refractivity contribution in [3.8, 4) is 0 Å². The number of amides is 1. The van der Waals surface area contributed by atoms with E-state index in [1.165, 1.54) is 17.8 Å². The summed E-state index contributed by atoms with van der Waals surface area (Å²) in [6.07, 6.45) is 3.52. The predicted molar refractivity (Wildman–Crippen MR) is 86.6 cm³/mol. The Bertz CT molecular complexity index is 675. The van der Waals surface area contributed by atoms with Gasteiger partial charge < -0.3 is 16.0 Å². The average molecular weight is 304 g/mol.